The van der Waals surface area contributed by atoms with Crippen LogP contribution in [0.4, 0.5) is 0 Å². The van der Waals surface area contributed by atoms with Crippen molar-refractivity contribution >= 4 is 5.91 Å². The first-order valence-electron chi connectivity index (χ1n) is 9.26. The lowest BCUT2D eigenvalue weighted by Gasteiger charge is -2.41. The quantitative estimate of drug-likeness (QED) is 0.801. The van der Waals surface area contributed by atoms with Gasteiger partial charge in [-0.2, -0.15) is 0 Å². The van der Waals surface area contributed by atoms with E-state index < -0.39 is 0 Å². The van der Waals surface area contributed by atoms with E-state index in [-0.39, 0.29) is 0 Å². The number of hydrogen-bond acceptors (Lipinski definition) is 4. The van der Waals surface area contributed by atoms with E-state index in [0.717, 1.165) is 77.2 Å². The van der Waals surface area contributed by atoms with Crippen LogP contribution in [0, 0.1) is 5.92 Å². The zero-order chi connectivity index (χ0) is 15.2. The number of hydrogen-bond donors (Lipinski definition) is 2. The van der Waals surface area contributed by atoms with Gasteiger partial charge in [0.25, 0.3) is 0 Å². The first-order valence-corrected chi connectivity index (χ1v) is 9.26. The highest BCUT2D eigenvalue weighted by molar-refractivity contribution is 5.76. The first kappa shape index (κ1) is 16.2. The Morgan fingerprint density at radius 2 is 1.45 bits per heavy atom. The third-order valence-corrected chi connectivity index (χ3v) is 5.72. The van der Waals surface area contributed by atoms with Gasteiger partial charge < -0.3 is 15.5 Å². The van der Waals surface area contributed by atoms with E-state index in [2.05, 4.69) is 20.4 Å². The summed E-state index contributed by atoms with van der Waals surface area (Å²) in [6.45, 7) is 8.60. The van der Waals surface area contributed by atoms with Crippen LogP contribution in [0.25, 0.3) is 0 Å². The molecule has 3 heterocycles. The standard InChI is InChI=1S/C17H32N4O/c22-17(2-1-15-3-7-18-8-4-15)21-13-11-20(12-14-21)16-5-9-19-10-6-16/h15-16,18-19H,1-14H2. The van der Waals surface area contributed by atoms with Gasteiger partial charge in [0.15, 0.2) is 0 Å². The van der Waals surface area contributed by atoms with E-state index in [0.29, 0.717) is 5.91 Å². The molecule has 0 spiro atoms. The van der Waals surface area contributed by atoms with Crippen LogP contribution in [0.5, 0.6) is 0 Å². The summed E-state index contributed by atoms with van der Waals surface area (Å²) in [5.74, 6) is 1.16. The van der Waals surface area contributed by atoms with Crippen molar-refractivity contribution in [3.63, 3.8) is 0 Å². The van der Waals surface area contributed by atoms with Crippen LogP contribution < -0.4 is 10.6 Å². The Morgan fingerprint density at radius 1 is 0.864 bits per heavy atom. The predicted octanol–water partition coefficient (Wildman–Crippen LogP) is 0.662. The third-order valence-electron chi connectivity index (χ3n) is 5.72. The Bertz CT molecular complexity index is 343. The molecule has 0 aliphatic carbocycles. The molecule has 2 N–H and O–H groups in total. The average Bonchev–Trinajstić information content (AvgIpc) is 2.61. The van der Waals surface area contributed by atoms with Gasteiger partial charge in [-0.25, -0.2) is 0 Å². The molecule has 3 aliphatic rings. The molecule has 5 heteroatoms. The second-order valence-corrected chi connectivity index (χ2v) is 7.13. The van der Waals surface area contributed by atoms with E-state index in [1.165, 1.54) is 25.7 Å². The van der Waals surface area contributed by atoms with Crippen LogP contribution in [-0.4, -0.2) is 74.1 Å². The van der Waals surface area contributed by atoms with Crippen molar-refractivity contribution in [2.45, 2.75) is 44.6 Å². The molecule has 0 radical (unpaired) electrons. The number of piperidine rings is 2. The summed E-state index contributed by atoms with van der Waals surface area (Å²) in [4.78, 5) is 17.1. The maximum absolute atomic E-state index is 12.4. The van der Waals surface area contributed by atoms with Gasteiger partial charge in [0.05, 0.1) is 0 Å². The highest BCUT2D eigenvalue weighted by Gasteiger charge is 2.27. The molecule has 0 aromatic carbocycles. The number of carbonyl (C=O) groups excluding carboxylic acids is 1. The van der Waals surface area contributed by atoms with Crippen LogP contribution in [0.15, 0.2) is 0 Å². The summed E-state index contributed by atoms with van der Waals surface area (Å²) >= 11 is 0. The molecule has 126 valence electrons. The Kier molecular flexibility index (Phi) is 6.10. The molecule has 0 bridgehead atoms. The molecule has 0 aromatic rings. The van der Waals surface area contributed by atoms with Gasteiger partial charge in [0, 0.05) is 38.6 Å². The molecule has 5 nitrogen and oxygen atoms in total. The van der Waals surface area contributed by atoms with Crippen molar-refractivity contribution in [2.24, 2.45) is 5.92 Å². The minimum absolute atomic E-state index is 0.392. The number of amides is 1. The highest BCUT2D eigenvalue weighted by Crippen LogP contribution is 2.19. The fraction of sp³-hybridized carbons (Fsp3) is 0.941. The molecule has 3 saturated heterocycles. The topological polar surface area (TPSA) is 47.6 Å². The summed E-state index contributed by atoms with van der Waals surface area (Å²) < 4.78 is 0. The van der Waals surface area contributed by atoms with E-state index in [4.69, 9.17) is 0 Å². The SMILES string of the molecule is O=C(CCC1CCNCC1)N1CCN(C2CCNCC2)CC1. The molecule has 0 unspecified atom stereocenters. The molecule has 0 atom stereocenters. The monoisotopic (exact) mass is 308 g/mol. The third kappa shape index (κ3) is 4.43. The number of piperazine rings is 1. The average molecular weight is 308 g/mol. The van der Waals surface area contributed by atoms with Gasteiger partial charge in [0.2, 0.25) is 5.91 Å². The van der Waals surface area contributed by atoms with Gasteiger partial charge in [-0.1, -0.05) is 0 Å². The Balaban J connectivity index is 1.36. The smallest absolute Gasteiger partial charge is 0.222 e. The molecule has 0 saturated carbocycles. The van der Waals surface area contributed by atoms with Gasteiger partial charge >= 0.3 is 0 Å². The summed E-state index contributed by atoms with van der Waals surface area (Å²) in [5.41, 5.74) is 0. The van der Waals surface area contributed by atoms with Crippen molar-refractivity contribution < 1.29 is 4.79 Å². The summed E-state index contributed by atoms with van der Waals surface area (Å²) in [6.07, 6.45) is 6.88. The van der Waals surface area contributed by atoms with Crippen LogP contribution >= 0.6 is 0 Å². The molecule has 3 fully saturated rings. The molecule has 3 aliphatic heterocycles. The van der Waals surface area contributed by atoms with Crippen LogP contribution in [0.3, 0.4) is 0 Å². The van der Waals surface area contributed by atoms with Crippen LogP contribution in [0.1, 0.15) is 38.5 Å². The Labute approximate surface area is 134 Å². The maximum atomic E-state index is 12.4. The lowest BCUT2D eigenvalue weighted by molar-refractivity contribution is -0.133. The van der Waals surface area contributed by atoms with Crippen molar-refractivity contribution in [3.05, 3.63) is 0 Å². The zero-order valence-corrected chi connectivity index (χ0v) is 13.9. The molecular weight excluding hydrogens is 276 g/mol. The number of nitrogens with zero attached hydrogens (tertiary/aromatic N) is 2. The largest absolute Gasteiger partial charge is 0.340 e. The lowest BCUT2D eigenvalue weighted by Crippen LogP contribution is -2.54. The van der Waals surface area contributed by atoms with Gasteiger partial charge in [-0.3, -0.25) is 9.69 Å². The van der Waals surface area contributed by atoms with Crippen molar-refractivity contribution in [3.8, 4) is 0 Å². The summed E-state index contributed by atoms with van der Waals surface area (Å²) in [6, 6.07) is 0.744. The van der Waals surface area contributed by atoms with Crippen molar-refractivity contribution in [2.75, 3.05) is 52.4 Å². The minimum Gasteiger partial charge on any atom is -0.340 e. The molecular formula is C17H32N4O. The second kappa shape index (κ2) is 8.27. The predicted molar refractivity (Wildman–Crippen MR) is 88.9 cm³/mol. The van der Waals surface area contributed by atoms with Crippen LogP contribution in [0.2, 0.25) is 0 Å². The first-order chi connectivity index (χ1) is 10.8. The van der Waals surface area contributed by atoms with Crippen molar-refractivity contribution in [1.29, 1.82) is 0 Å². The summed E-state index contributed by atoms with van der Waals surface area (Å²) in [7, 11) is 0. The molecule has 1 amide bonds. The maximum Gasteiger partial charge on any atom is 0.222 e. The lowest BCUT2D eigenvalue weighted by atomic mass is 9.93. The van der Waals surface area contributed by atoms with E-state index in [1.54, 1.807) is 0 Å². The fourth-order valence-electron chi connectivity index (χ4n) is 4.16. The van der Waals surface area contributed by atoms with Gasteiger partial charge in [-0.15, -0.1) is 0 Å². The Morgan fingerprint density at radius 3 is 2.09 bits per heavy atom. The molecule has 3 rings (SSSR count). The van der Waals surface area contributed by atoms with Crippen molar-refractivity contribution in [1.82, 2.24) is 20.4 Å². The zero-order valence-electron chi connectivity index (χ0n) is 13.9. The molecule has 22 heavy (non-hydrogen) atoms. The number of carbonyl (C=O) groups is 1. The van der Waals surface area contributed by atoms with Gasteiger partial charge in [-0.05, 0) is 64.2 Å². The summed E-state index contributed by atoms with van der Waals surface area (Å²) in [5, 5.41) is 6.83. The number of rotatable bonds is 4. The van der Waals surface area contributed by atoms with E-state index in [1.807, 2.05) is 0 Å². The van der Waals surface area contributed by atoms with E-state index in [9.17, 15) is 4.79 Å². The minimum atomic E-state index is 0.392. The molecule has 0 aromatic heterocycles. The van der Waals surface area contributed by atoms with Gasteiger partial charge in [0.1, 0.15) is 0 Å². The second-order valence-electron chi connectivity index (χ2n) is 7.13. The van der Waals surface area contributed by atoms with E-state index >= 15 is 0 Å². The Hall–Kier alpha value is -0.650. The fourth-order valence-corrected chi connectivity index (χ4v) is 4.16. The van der Waals surface area contributed by atoms with Crippen LogP contribution in [-0.2, 0) is 4.79 Å². The normalized spacial score (nSPS) is 26.3. The number of nitrogens with one attached hydrogen (secondary N) is 2. The highest BCUT2D eigenvalue weighted by atomic mass is 16.2.